The fraction of sp³-hybridized carbons (Fsp3) is 0.296. The van der Waals surface area contributed by atoms with Gasteiger partial charge in [-0.25, -0.2) is 8.42 Å². The van der Waals surface area contributed by atoms with Crippen LogP contribution in [-0.2, 0) is 10.0 Å². The molecule has 0 aromatic heterocycles. The Morgan fingerprint density at radius 3 is 2.20 bits per heavy atom. The third-order valence-corrected chi connectivity index (χ3v) is 7.63. The minimum Gasteiger partial charge on any atom is -0.369 e. The molecule has 4 rings (SSSR count). The predicted molar refractivity (Wildman–Crippen MR) is 140 cm³/mol. The molecule has 0 unspecified atom stereocenters. The van der Waals surface area contributed by atoms with E-state index in [0.29, 0.717) is 17.8 Å². The Balaban J connectivity index is 1.20. The molecule has 0 aliphatic carbocycles. The molecule has 0 atom stereocenters. The standard InChI is InChI=1S/C27H32N4O3S/c1-22-8-5-6-11-26(22)29-35(33,34)25-14-12-23(13-15-25)27(32)28-16-7-17-30-18-20-31(21-19-30)24-9-3-2-4-10-24/h2-6,8-15,29H,7,16-21H2,1H3,(H,28,32). The molecule has 8 heteroatoms. The molecule has 7 nitrogen and oxygen atoms in total. The molecule has 184 valence electrons. The van der Waals surface area contributed by atoms with Crippen molar-refractivity contribution in [3.63, 3.8) is 0 Å². The predicted octanol–water partition coefficient (Wildman–Crippen LogP) is 3.74. The largest absolute Gasteiger partial charge is 0.369 e. The molecule has 0 radical (unpaired) electrons. The second kappa shape index (κ2) is 11.4. The van der Waals surface area contributed by atoms with Crippen LogP contribution in [0.4, 0.5) is 11.4 Å². The number of amides is 1. The Morgan fingerprint density at radius 2 is 1.51 bits per heavy atom. The van der Waals surface area contributed by atoms with E-state index in [1.807, 2.05) is 25.1 Å². The quantitative estimate of drug-likeness (QED) is 0.445. The first kappa shape index (κ1) is 24.8. The van der Waals surface area contributed by atoms with Gasteiger partial charge in [0.05, 0.1) is 10.6 Å². The molecule has 1 saturated heterocycles. The maximum absolute atomic E-state index is 12.7. The summed E-state index contributed by atoms with van der Waals surface area (Å²) < 4.78 is 28.0. The van der Waals surface area contributed by atoms with Crippen LogP contribution < -0.4 is 14.9 Å². The summed E-state index contributed by atoms with van der Waals surface area (Å²) in [4.78, 5) is 17.4. The van der Waals surface area contributed by atoms with E-state index in [9.17, 15) is 13.2 Å². The molecule has 0 bridgehead atoms. The van der Waals surface area contributed by atoms with Crippen molar-refractivity contribution < 1.29 is 13.2 Å². The number of para-hydroxylation sites is 2. The zero-order valence-corrected chi connectivity index (χ0v) is 20.8. The van der Waals surface area contributed by atoms with E-state index in [4.69, 9.17) is 0 Å². The van der Waals surface area contributed by atoms with Gasteiger partial charge in [0.15, 0.2) is 0 Å². The fourth-order valence-corrected chi connectivity index (χ4v) is 5.28. The van der Waals surface area contributed by atoms with Crippen molar-refractivity contribution in [2.24, 2.45) is 0 Å². The topological polar surface area (TPSA) is 81.7 Å². The zero-order valence-electron chi connectivity index (χ0n) is 20.0. The van der Waals surface area contributed by atoms with Crippen molar-refractivity contribution in [3.05, 3.63) is 90.0 Å². The zero-order chi connectivity index (χ0) is 24.7. The summed E-state index contributed by atoms with van der Waals surface area (Å²) in [5.41, 5.74) is 3.08. The summed E-state index contributed by atoms with van der Waals surface area (Å²) in [5, 5.41) is 2.94. The van der Waals surface area contributed by atoms with E-state index in [1.165, 1.54) is 17.8 Å². The van der Waals surface area contributed by atoms with Crippen LogP contribution in [0.15, 0.2) is 83.8 Å². The molecule has 3 aromatic rings. The lowest BCUT2D eigenvalue weighted by Gasteiger charge is -2.36. The van der Waals surface area contributed by atoms with E-state index in [0.717, 1.165) is 44.7 Å². The maximum atomic E-state index is 12.7. The average Bonchev–Trinajstić information content (AvgIpc) is 2.89. The van der Waals surface area contributed by atoms with Gasteiger partial charge in [-0.2, -0.15) is 0 Å². The average molecular weight is 493 g/mol. The van der Waals surface area contributed by atoms with Crippen LogP contribution in [0, 0.1) is 6.92 Å². The molecule has 2 N–H and O–H groups in total. The number of nitrogens with one attached hydrogen (secondary N) is 2. The van der Waals surface area contributed by atoms with Gasteiger partial charge in [0.2, 0.25) is 0 Å². The van der Waals surface area contributed by atoms with Gasteiger partial charge < -0.3 is 10.2 Å². The molecule has 1 aliphatic rings. The Morgan fingerprint density at radius 1 is 0.857 bits per heavy atom. The van der Waals surface area contributed by atoms with Gasteiger partial charge in [-0.05, 0) is 67.9 Å². The van der Waals surface area contributed by atoms with E-state index < -0.39 is 10.0 Å². The summed E-state index contributed by atoms with van der Waals surface area (Å²) in [7, 11) is -3.72. The summed E-state index contributed by atoms with van der Waals surface area (Å²) in [6, 6.07) is 23.7. The van der Waals surface area contributed by atoms with Crippen molar-refractivity contribution in [3.8, 4) is 0 Å². The number of hydrogen-bond donors (Lipinski definition) is 2. The molecule has 0 saturated carbocycles. The first-order valence-corrected chi connectivity index (χ1v) is 13.4. The Hall–Kier alpha value is -3.36. The van der Waals surface area contributed by atoms with Gasteiger partial charge in [0.25, 0.3) is 15.9 Å². The van der Waals surface area contributed by atoms with E-state index in [2.05, 4.69) is 44.1 Å². The number of carbonyl (C=O) groups excluding carboxylic acids is 1. The summed E-state index contributed by atoms with van der Waals surface area (Å²) in [6.07, 6.45) is 0.865. The lowest BCUT2D eigenvalue weighted by atomic mass is 10.2. The smallest absolute Gasteiger partial charge is 0.261 e. The lowest BCUT2D eigenvalue weighted by molar-refractivity contribution is 0.0951. The molecule has 1 heterocycles. The molecule has 3 aromatic carbocycles. The first-order chi connectivity index (χ1) is 16.9. The van der Waals surface area contributed by atoms with Crippen LogP contribution in [-0.4, -0.2) is 58.5 Å². The number of hydrogen-bond acceptors (Lipinski definition) is 5. The number of benzene rings is 3. The van der Waals surface area contributed by atoms with Crippen LogP contribution in [0.5, 0.6) is 0 Å². The van der Waals surface area contributed by atoms with Crippen LogP contribution in [0.2, 0.25) is 0 Å². The monoisotopic (exact) mass is 492 g/mol. The van der Waals surface area contributed by atoms with Crippen LogP contribution in [0.3, 0.4) is 0 Å². The molecule has 35 heavy (non-hydrogen) atoms. The van der Waals surface area contributed by atoms with Crippen molar-refractivity contribution in [1.82, 2.24) is 10.2 Å². The molecular weight excluding hydrogens is 460 g/mol. The number of piperazine rings is 1. The number of rotatable bonds is 9. The lowest BCUT2D eigenvalue weighted by Crippen LogP contribution is -2.47. The van der Waals surface area contributed by atoms with Gasteiger partial charge in [-0.15, -0.1) is 0 Å². The van der Waals surface area contributed by atoms with Crippen LogP contribution >= 0.6 is 0 Å². The number of nitrogens with zero attached hydrogens (tertiary/aromatic N) is 2. The molecule has 1 aliphatic heterocycles. The van der Waals surface area contributed by atoms with Gasteiger partial charge in [0, 0.05) is 44.0 Å². The highest BCUT2D eigenvalue weighted by Gasteiger charge is 2.18. The molecule has 1 fully saturated rings. The highest BCUT2D eigenvalue weighted by molar-refractivity contribution is 7.92. The Labute approximate surface area is 207 Å². The van der Waals surface area contributed by atoms with Crippen molar-refractivity contribution >= 4 is 27.3 Å². The van der Waals surface area contributed by atoms with Crippen LogP contribution in [0.25, 0.3) is 0 Å². The minimum atomic E-state index is -3.72. The highest BCUT2D eigenvalue weighted by Crippen LogP contribution is 2.20. The van der Waals surface area contributed by atoms with E-state index >= 15 is 0 Å². The molecular formula is C27H32N4O3S. The third kappa shape index (κ3) is 6.61. The normalized spacial score (nSPS) is 14.5. The number of anilines is 2. The summed E-state index contributed by atoms with van der Waals surface area (Å²) >= 11 is 0. The maximum Gasteiger partial charge on any atom is 0.261 e. The van der Waals surface area contributed by atoms with Gasteiger partial charge in [0.1, 0.15) is 0 Å². The van der Waals surface area contributed by atoms with E-state index in [-0.39, 0.29) is 10.8 Å². The fourth-order valence-electron chi connectivity index (χ4n) is 4.15. The highest BCUT2D eigenvalue weighted by atomic mass is 32.2. The summed E-state index contributed by atoms with van der Waals surface area (Å²) in [6.45, 7) is 7.38. The van der Waals surface area contributed by atoms with Crippen molar-refractivity contribution in [2.75, 3.05) is 48.9 Å². The number of aryl methyl sites for hydroxylation is 1. The van der Waals surface area contributed by atoms with Crippen LogP contribution in [0.1, 0.15) is 22.3 Å². The van der Waals surface area contributed by atoms with Gasteiger partial charge >= 0.3 is 0 Å². The van der Waals surface area contributed by atoms with Gasteiger partial charge in [-0.3, -0.25) is 14.4 Å². The second-order valence-corrected chi connectivity index (χ2v) is 10.4. The minimum absolute atomic E-state index is 0.118. The third-order valence-electron chi connectivity index (χ3n) is 6.25. The van der Waals surface area contributed by atoms with E-state index in [1.54, 1.807) is 24.3 Å². The van der Waals surface area contributed by atoms with Crippen molar-refractivity contribution in [1.29, 1.82) is 0 Å². The number of sulfonamides is 1. The Kier molecular flexibility index (Phi) is 8.05. The number of carbonyl (C=O) groups is 1. The SMILES string of the molecule is Cc1ccccc1NS(=O)(=O)c1ccc(C(=O)NCCCN2CCN(c3ccccc3)CC2)cc1. The van der Waals surface area contributed by atoms with Gasteiger partial charge in [-0.1, -0.05) is 36.4 Å². The van der Waals surface area contributed by atoms with Crippen molar-refractivity contribution in [2.45, 2.75) is 18.2 Å². The molecule has 0 spiro atoms. The second-order valence-electron chi connectivity index (χ2n) is 8.72. The first-order valence-electron chi connectivity index (χ1n) is 11.9. The Bertz CT molecular complexity index is 1220. The summed E-state index contributed by atoms with van der Waals surface area (Å²) in [5.74, 6) is -0.199. The molecule has 1 amide bonds.